The smallest absolute Gasteiger partial charge is 0.291 e. The second-order valence-corrected chi connectivity index (χ2v) is 6.25. The number of aryl methyl sites for hydroxylation is 1. The van der Waals surface area contributed by atoms with Crippen LogP contribution in [0.25, 0.3) is 6.08 Å². The van der Waals surface area contributed by atoms with Crippen molar-refractivity contribution in [1.82, 2.24) is 20.2 Å². The van der Waals surface area contributed by atoms with Gasteiger partial charge in [0.15, 0.2) is 5.76 Å². The Labute approximate surface area is 171 Å². The molecule has 0 aliphatic carbocycles. The third-order valence-corrected chi connectivity index (χ3v) is 4.07. The monoisotopic (exact) mass is 409 g/mol. The normalized spacial score (nSPS) is 11.1. The zero-order valence-corrected chi connectivity index (χ0v) is 15.9. The van der Waals surface area contributed by atoms with Gasteiger partial charge in [0.05, 0.1) is 17.5 Å². The zero-order valence-electron chi connectivity index (χ0n) is 15.9. The molecule has 0 fully saturated rings. The minimum Gasteiger partial charge on any atom is -0.459 e. The van der Waals surface area contributed by atoms with Crippen molar-refractivity contribution in [2.24, 2.45) is 0 Å². The van der Waals surface area contributed by atoms with Gasteiger partial charge in [0.25, 0.3) is 17.5 Å². The first-order valence-electron chi connectivity index (χ1n) is 9.08. The Morgan fingerprint density at radius 3 is 2.83 bits per heavy atom. The Morgan fingerprint density at radius 2 is 2.13 bits per heavy atom. The summed E-state index contributed by atoms with van der Waals surface area (Å²) in [5.74, 6) is -1.09. The van der Waals surface area contributed by atoms with Crippen molar-refractivity contribution in [3.63, 3.8) is 0 Å². The fourth-order valence-corrected chi connectivity index (χ4v) is 2.62. The zero-order chi connectivity index (χ0) is 21.3. The first-order valence-corrected chi connectivity index (χ1v) is 9.08. The average Bonchev–Trinajstić information content (AvgIpc) is 3.45. The number of aromatic nitrogens is 2. The summed E-state index contributed by atoms with van der Waals surface area (Å²) in [5.41, 5.74) is 0.216. The lowest BCUT2D eigenvalue weighted by molar-refractivity contribution is -0.384. The van der Waals surface area contributed by atoms with E-state index in [9.17, 15) is 19.7 Å². The van der Waals surface area contributed by atoms with Gasteiger partial charge in [-0.3, -0.25) is 19.7 Å². The molecule has 0 saturated carbocycles. The maximum atomic E-state index is 12.7. The summed E-state index contributed by atoms with van der Waals surface area (Å²) >= 11 is 0. The van der Waals surface area contributed by atoms with Crippen LogP contribution < -0.4 is 10.6 Å². The van der Waals surface area contributed by atoms with Crippen molar-refractivity contribution in [3.8, 4) is 0 Å². The number of nitrogens with one attached hydrogen (secondary N) is 2. The van der Waals surface area contributed by atoms with Crippen molar-refractivity contribution < 1.29 is 18.9 Å². The SMILES string of the molecule is O=C(NCCCn1ccnc1)C(=Cc1cccc([N+](=O)[O-])c1)NC(=O)c1ccco1. The molecule has 30 heavy (non-hydrogen) atoms. The van der Waals surface area contributed by atoms with Gasteiger partial charge in [0, 0.05) is 37.6 Å². The van der Waals surface area contributed by atoms with Crippen LogP contribution in [0.3, 0.4) is 0 Å². The second kappa shape index (κ2) is 9.82. The lowest BCUT2D eigenvalue weighted by Crippen LogP contribution is -2.35. The van der Waals surface area contributed by atoms with E-state index in [1.54, 1.807) is 24.7 Å². The number of furan rings is 1. The number of imidazole rings is 1. The number of benzene rings is 1. The molecule has 2 heterocycles. The first-order chi connectivity index (χ1) is 14.5. The lowest BCUT2D eigenvalue weighted by Gasteiger charge is -2.10. The average molecular weight is 409 g/mol. The number of amides is 2. The Balaban J connectivity index is 1.72. The number of non-ortho nitro benzene ring substituents is 1. The molecule has 0 aliphatic heterocycles. The van der Waals surface area contributed by atoms with Crippen LogP contribution in [0, 0.1) is 10.1 Å². The molecule has 2 N–H and O–H groups in total. The van der Waals surface area contributed by atoms with Gasteiger partial charge in [-0.25, -0.2) is 4.98 Å². The third-order valence-electron chi connectivity index (χ3n) is 4.07. The largest absolute Gasteiger partial charge is 0.459 e. The minimum absolute atomic E-state index is 0.0350. The van der Waals surface area contributed by atoms with Crippen LogP contribution in [0.15, 0.2) is 71.5 Å². The topological polar surface area (TPSA) is 132 Å². The van der Waals surface area contributed by atoms with Gasteiger partial charge >= 0.3 is 0 Å². The number of nitro groups is 1. The third kappa shape index (κ3) is 5.64. The number of carbonyl (C=O) groups excluding carboxylic acids is 2. The number of rotatable bonds is 9. The van der Waals surface area contributed by atoms with Crippen molar-refractivity contribution in [1.29, 1.82) is 0 Å². The Morgan fingerprint density at radius 1 is 1.27 bits per heavy atom. The van der Waals surface area contributed by atoms with Crippen LogP contribution in [0.4, 0.5) is 5.69 Å². The van der Waals surface area contributed by atoms with Gasteiger partial charge in [0.1, 0.15) is 5.70 Å². The molecular formula is C20H19N5O5. The van der Waals surface area contributed by atoms with E-state index < -0.39 is 16.7 Å². The summed E-state index contributed by atoms with van der Waals surface area (Å²) in [4.78, 5) is 39.4. The van der Waals surface area contributed by atoms with Crippen LogP contribution in [0.1, 0.15) is 22.5 Å². The van der Waals surface area contributed by atoms with Crippen LogP contribution in [0.2, 0.25) is 0 Å². The van der Waals surface area contributed by atoms with Gasteiger partial charge < -0.3 is 19.6 Å². The van der Waals surface area contributed by atoms with Crippen molar-refractivity contribution >= 4 is 23.6 Å². The van der Waals surface area contributed by atoms with Gasteiger partial charge in [0.2, 0.25) is 0 Å². The van der Waals surface area contributed by atoms with Crippen LogP contribution in [-0.2, 0) is 11.3 Å². The summed E-state index contributed by atoms with van der Waals surface area (Å²) in [6.45, 7) is 1.03. The van der Waals surface area contributed by atoms with Crippen molar-refractivity contribution in [3.05, 3.63) is 88.5 Å². The second-order valence-electron chi connectivity index (χ2n) is 6.25. The van der Waals surface area contributed by atoms with E-state index in [1.807, 2.05) is 10.8 Å². The summed E-state index contributed by atoms with van der Waals surface area (Å²) in [6, 6.07) is 8.76. The predicted molar refractivity (Wildman–Crippen MR) is 107 cm³/mol. The fraction of sp³-hybridized carbons (Fsp3) is 0.150. The molecule has 0 saturated heterocycles. The number of hydrogen-bond donors (Lipinski definition) is 2. The van der Waals surface area contributed by atoms with E-state index in [4.69, 9.17) is 4.42 Å². The quantitative estimate of drug-likeness (QED) is 0.241. The Hall–Kier alpha value is -4.21. The summed E-state index contributed by atoms with van der Waals surface area (Å²) in [5, 5.41) is 16.2. The molecule has 0 spiro atoms. The summed E-state index contributed by atoms with van der Waals surface area (Å²) in [6.07, 6.45) is 8.53. The Kier molecular flexibility index (Phi) is 6.72. The molecule has 2 aromatic heterocycles. The summed E-state index contributed by atoms with van der Waals surface area (Å²) in [7, 11) is 0. The Bertz CT molecular complexity index is 1040. The minimum atomic E-state index is -0.606. The molecule has 0 bridgehead atoms. The molecule has 3 rings (SSSR count). The first kappa shape index (κ1) is 20.5. The van der Waals surface area contributed by atoms with E-state index in [0.29, 0.717) is 25.1 Å². The van der Waals surface area contributed by atoms with Crippen molar-refractivity contribution in [2.75, 3.05) is 6.54 Å². The molecule has 0 unspecified atom stereocenters. The van der Waals surface area contributed by atoms with Gasteiger partial charge in [-0.2, -0.15) is 0 Å². The van der Waals surface area contributed by atoms with Gasteiger partial charge in [-0.05, 0) is 30.2 Å². The van der Waals surface area contributed by atoms with Gasteiger partial charge in [-0.1, -0.05) is 12.1 Å². The molecule has 10 nitrogen and oxygen atoms in total. The lowest BCUT2D eigenvalue weighted by atomic mass is 10.1. The number of carbonyl (C=O) groups is 2. The molecule has 154 valence electrons. The molecule has 1 aromatic carbocycles. The standard InChI is InChI=1S/C20H19N5O5/c26-19(22-7-3-9-24-10-8-21-14-24)17(23-20(27)18-6-2-11-30-18)13-15-4-1-5-16(12-15)25(28)29/h1-2,4-6,8,10-14H,3,7,9H2,(H,22,26)(H,23,27). The van der Waals surface area contributed by atoms with Crippen LogP contribution >= 0.6 is 0 Å². The highest BCUT2D eigenvalue weighted by molar-refractivity contribution is 6.04. The molecule has 0 aliphatic rings. The molecule has 3 aromatic rings. The summed E-state index contributed by atoms with van der Waals surface area (Å²) < 4.78 is 6.93. The fourth-order valence-electron chi connectivity index (χ4n) is 2.62. The molecule has 0 atom stereocenters. The maximum Gasteiger partial charge on any atom is 0.291 e. The predicted octanol–water partition coefficient (Wildman–Crippen LogP) is 2.36. The number of nitro benzene ring substituents is 1. The van der Waals surface area contributed by atoms with E-state index in [1.165, 1.54) is 36.6 Å². The van der Waals surface area contributed by atoms with E-state index in [-0.39, 0.29) is 17.1 Å². The van der Waals surface area contributed by atoms with Crippen LogP contribution in [-0.4, -0.2) is 32.8 Å². The highest BCUT2D eigenvalue weighted by atomic mass is 16.6. The molecule has 10 heteroatoms. The highest BCUT2D eigenvalue weighted by Crippen LogP contribution is 2.15. The highest BCUT2D eigenvalue weighted by Gasteiger charge is 2.16. The number of hydrogen-bond acceptors (Lipinski definition) is 6. The van der Waals surface area contributed by atoms with Crippen molar-refractivity contribution in [2.45, 2.75) is 13.0 Å². The molecule has 0 radical (unpaired) electrons. The van der Waals surface area contributed by atoms with E-state index >= 15 is 0 Å². The molecule has 2 amide bonds. The maximum absolute atomic E-state index is 12.7. The van der Waals surface area contributed by atoms with Gasteiger partial charge in [-0.15, -0.1) is 0 Å². The van der Waals surface area contributed by atoms with E-state index in [0.717, 1.165) is 0 Å². The van der Waals surface area contributed by atoms with E-state index in [2.05, 4.69) is 15.6 Å². The molecular weight excluding hydrogens is 390 g/mol. The number of nitrogens with zero attached hydrogens (tertiary/aromatic N) is 3. The van der Waals surface area contributed by atoms with Crippen LogP contribution in [0.5, 0.6) is 0 Å².